The Morgan fingerprint density at radius 2 is 1.23 bits per heavy atom. The van der Waals surface area contributed by atoms with E-state index in [2.05, 4.69) is 19.4 Å². The minimum atomic E-state index is -0.436. The second-order valence-electron chi connectivity index (χ2n) is 3.97. The van der Waals surface area contributed by atoms with Crippen LogP contribution >= 0.6 is 21.6 Å². The Kier molecular flexibility index (Phi) is 5.79. The van der Waals surface area contributed by atoms with Crippen molar-refractivity contribution in [1.82, 2.24) is 9.97 Å². The molecule has 2 aromatic rings. The van der Waals surface area contributed by atoms with Crippen LogP contribution in [0.2, 0.25) is 0 Å². The van der Waals surface area contributed by atoms with Crippen molar-refractivity contribution in [2.45, 2.75) is 9.79 Å². The average Bonchev–Trinajstić information content (AvgIpc) is 2.59. The van der Waals surface area contributed by atoms with Gasteiger partial charge in [0.15, 0.2) is 0 Å². The molecule has 0 aliphatic rings. The minimum Gasteiger partial charge on any atom is -0.465 e. The van der Waals surface area contributed by atoms with E-state index in [0.717, 1.165) is 9.79 Å². The summed E-state index contributed by atoms with van der Waals surface area (Å²) >= 11 is 0. The first-order chi connectivity index (χ1) is 10.6. The Morgan fingerprint density at radius 3 is 1.59 bits per heavy atom. The van der Waals surface area contributed by atoms with Gasteiger partial charge in [-0.15, -0.1) is 0 Å². The number of rotatable bonds is 5. The van der Waals surface area contributed by atoms with Crippen LogP contribution in [0.1, 0.15) is 20.7 Å². The number of aromatic nitrogens is 2. The van der Waals surface area contributed by atoms with Crippen LogP contribution in [-0.2, 0) is 9.47 Å². The Hall–Kier alpha value is -2.06. The van der Waals surface area contributed by atoms with Gasteiger partial charge in [0.2, 0.25) is 0 Å². The Bertz CT molecular complexity index is 635. The molecule has 0 spiro atoms. The third-order valence-electron chi connectivity index (χ3n) is 2.50. The molecular weight excluding hydrogens is 324 g/mol. The van der Waals surface area contributed by atoms with Crippen LogP contribution in [-0.4, -0.2) is 36.1 Å². The quantitative estimate of drug-likeness (QED) is 0.609. The van der Waals surface area contributed by atoms with Crippen molar-refractivity contribution < 1.29 is 19.1 Å². The molecule has 0 bridgehead atoms. The molecule has 0 aliphatic carbocycles. The number of carbonyl (C=O) groups excluding carboxylic acids is 2. The third kappa shape index (κ3) is 4.22. The largest absolute Gasteiger partial charge is 0.465 e. The lowest BCUT2D eigenvalue weighted by Gasteiger charge is -2.04. The normalized spacial score (nSPS) is 10.1. The highest BCUT2D eigenvalue weighted by molar-refractivity contribution is 8.76. The number of nitrogens with zero attached hydrogens (tertiary/aromatic N) is 2. The minimum absolute atomic E-state index is 0.384. The number of hydrogen-bond acceptors (Lipinski definition) is 8. The van der Waals surface area contributed by atoms with Crippen molar-refractivity contribution in [3.8, 4) is 0 Å². The van der Waals surface area contributed by atoms with Crippen LogP contribution in [0.4, 0.5) is 0 Å². The third-order valence-corrected chi connectivity index (χ3v) is 4.82. The van der Waals surface area contributed by atoms with E-state index < -0.39 is 11.9 Å². The summed E-state index contributed by atoms with van der Waals surface area (Å²) in [6.07, 6.45) is 6.17. The highest BCUT2D eigenvalue weighted by atomic mass is 33.1. The summed E-state index contributed by atoms with van der Waals surface area (Å²) in [5, 5.41) is 0. The fourth-order valence-corrected chi connectivity index (χ4v) is 3.36. The molecule has 0 aromatic carbocycles. The van der Waals surface area contributed by atoms with Crippen LogP contribution in [0, 0.1) is 0 Å². The number of methoxy groups -OCH3 is 2. The molecule has 0 amide bonds. The molecule has 2 heterocycles. The van der Waals surface area contributed by atoms with Crippen LogP contribution in [0.25, 0.3) is 0 Å². The maximum absolute atomic E-state index is 11.5. The van der Waals surface area contributed by atoms with Crippen molar-refractivity contribution >= 4 is 33.5 Å². The molecule has 0 aliphatic heterocycles. The summed E-state index contributed by atoms with van der Waals surface area (Å²) in [6, 6.07) is 3.38. The molecule has 0 saturated carbocycles. The monoisotopic (exact) mass is 336 g/mol. The highest BCUT2D eigenvalue weighted by Crippen LogP contribution is 2.37. The van der Waals surface area contributed by atoms with E-state index in [1.165, 1.54) is 48.2 Å². The lowest BCUT2D eigenvalue weighted by Crippen LogP contribution is -2.01. The lowest BCUT2D eigenvalue weighted by molar-refractivity contribution is 0.0591. The molecule has 0 atom stereocenters. The number of ether oxygens (including phenoxy) is 2. The molecule has 22 heavy (non-hydrogen) atoms. The van der Waals surface area contributed by atoms with Crippen molar-refractivity contribution in [3.63, 3.8) is 0 Å². The summed E-state index contributed by atoms with van der Waals surface area (Å²) in [4.78, 5) is 32.5. The lowest BCUT2D eigenvalue weighted by atomic mass is 10.3. The molecule has 114 valence electrons. The number of hydrogen-bond donors (Lipinski definition) is 0. The van der Waals surface area contributed by atoms with Gasteiger partial charge < -0.3 is 9.47 Å². The van der Waals surface area contributed by atoms with Gasteiger partial charge in [0.05, 0.1) is 25.3 Å². The molecule has 8 heteroatoms. The molecule has 0 saturated heterocycles. The number of pyridine rings is 2. The molecular formula is C14H12N2O4S2. The zero-order valence-corrected chi connectivity index (χ0v) is 13.4. The molecule has 0 unspecified atom stereocenters. The first-order valence-corrected chi connectivity index (χ1v) is 8.20. The van der Waals surface area contributed by atoms with Crippen molar-refractivity contribution in [2.24, 2.45) is 0 Å². The van der Waals surface area contributed by atoms with Crippen molar-refractivity contribution in [1.29, 1.82) is 0 Å². The van der Waals surface area contributed by atoms with Crippen LogP contribution in [0.5, 0.6) is 0 Å². The molecule has 0 radical (unpaired) electrons. The first kappa shape index (κ1) is 16.3. The fourth-order valence-electron chi connectivity index (χ4n) is 1.48. The summed E-state index contributed by atoms with van der Waals surface area (Å²) in [5.41, 5.74) is 0.768. The smallest absolute Gasteiger partial charge is 0.339 e. The number of esters is 2. The van der Waals surface area contributed by atoms with Crippen LogP contribution < -0.4 is 0 Å². The maximum Gasteiger partial charge on any atom is 0.339 e. The molecule has 2 rings (SSSR count). The predicted octanol–water partition coefficient (Wildman–Crippen LogP) is 2.85. The Balaban J connectivity index is 2.07. The van der Waals surface area contributed by atoms with E-state index in [1.54, 1.807) is 24.5 Å². The summed E-state index contributed by atoms with van der Waals surface area (Å²) in [7, 11) is 5.44. The van der Waals surface area contributed by atoms with Gasteiger partial charge in [-0.2, -0.15) is 0 Å². The van der Waals surface area contributed by atoms with Gasteiger partial charge in [-0.1, -0.05) is 21.6 Å². The Labute approximate surface area is 135 Å². The van der Waals surface area contributed by atoms with E-state index in [9.17, 15) is 9.59 Å². The standard InChI is InChI=1S/C14H12N2O4S2/c1-19-13(17)9-3-11(7-15-5-9)21-22-12-4-10(6-16-8-12)14(18)20-2/h3-8H,1-2H3. The second kappa shape index (κ2) is 7.81. The summed E-state index contributed by atoms with van der Waals surface area (Å²) < 4.78 is 9.30. The van der Waals surface area contributed by atoms with E-state index in [1.807, 2.05) is 0 Å². The second-order valence-corrected chi connectivity index (χ2v) is 6.24. The SMILES string of the molecule is COC(=O)c1cncc(SSc2cncc(C(=O)OC)c2)c1. The topological polar surface area (TPSA) is 78.4 Å². The highest BCUT2D eigenvalue weighted by Gasteiger charge is 2.09. The van der Waals surface area contributed by atoms with Gasteiger partial charge >= 0.3 is 11.9 Å². The summed E-state index contributed by atoms with van der Waals surface area (Å²) in [5.74, 6) is -0.872. The van der Waals surface area contributed by atoms with Crippen LogP contribution in [0.3, 0.4) is 0 Å². The zero-order valence-electron chi connectivity index (χ0n) is 11.8. The van der Waals surface area contributed by atoms with E-state index in [4.69, 9.17) is 0 Å². The predicted molar refractivity (Wildman–Crippen MR) is 82.9 cm³/mol. The van der Waals surface area contributed by atoms with E-state index in [-0.39, 0.29) is 0 Å². The van der Waals surface area contributed by atoms with Crippen molar-refractivity contribution in [2.75, 3.05) is 14.2 Å². The van der Waals surface area contributed by atoms with Gasteiger partial charge in [-0.3, -0.25) is 9.97 Å². The van der Waals surface area contributed by atoms with Gasteiger partial charge in [0, 0.05) is 34.6 Å². The molecule has 2 aromatic heterocycles. The van der Waals surface area contributed by atoms with Gasteiger partial charge in [-0.25, -0.2) is 9.59 Å². The summed E-state index contributed by atoms with van der Waals surface area (Å²) in [6.45, 7) is 0. The fraction of sp³-hybridized carbons (Fsp3) is 0.143. The first-order valence-electron chi connectivity index (χ1n) is 6.05. The molecule has 0 fully saturated rings. The average molecular weight is 336 g/mol. The van der Waals surface area contributed by atoms with E-state index >= 15 is 0 Å². The zero-order chi connectivity index (χ0) is 15.9. The maximum atomic E-state index is 11.5. The number of carbonyl (C=O) groups is 2. The van der Waals surface area contributed by atoms with Gasteiger partial charge in [-0.05, 0) is 12.1 Å². The van der Waals surface area contributed by atoms with Gasteiger partial charge in [0.25, 0.3) is 0 Å². The van der Waals surface area contributed by atoms with Crippen molar-refractivity contribution in [3.05, 3.63) is 48.0 Å². The molecule has 0 N–H and O–H groups in total. The van der Waals surface area contributed by atoms with E-state index in [0.29, 0.717) is 11.1 Å². The Morgan fingerprint density at radius 1 is 0.818 bits per heavy atom. The molecule has 6 nitrogen and oxygen atoms in total. The van der Waals surface area contributed by atoms with Crippen LogP contribution in [0.15, 0.2) is 46.7 Å². The van der Waals surface area contributed by atoms with Gasteiger partial charge in [0.1, 0.15) is 0 Å².